The van der Waals surface area contributed by atoms with E-state index in [1.807, 2.05) is 5.92 Å². The molecule has 2 aliphatic heterocycles. The van der Waals surface area contributed by atoms with Crippen LogP contribution in [-0.4, -0.2) is 102 Å². The molecule has 22 heteroatoms. The van der Waals surface area contributed by atoms with Crippen molar-refractivity contribution in [1.29, 1.82) is 5.41 Å². The van der Waals surface area contributed by atoms with Crippen LogP contribution in [0.3, 0.4) is 0 Å². The van der Waals surface area contributed by atoms with Gasteiger partial charge in [-0.05, 0) is 22.6 Å². The Hall–Kier alpha value is -4.86. The highest BCUT2D eigenvalue weighted by atomic mass is 127. The number of fused-ring (bicyclic) bond motifs is 2. The number of aliphatic hydroxyl groups excluding tert-OH is 2. The third kappa shape index (κ3) is 10.5. The molecule has 4 aromatic heterocycles. The van der Waals surface area contributed by atoms with Crippen LogP contribution >= 0.6 is 22.6 Å². The molecule has 0 aromatic carbocycles. The van der Waals surface area contributed by atoms with E-state index in [2.05, 4.69) is 61.6 Å². The molecule has 0 bridgehead atoms. The van der Waals surface area contributed by atoms with E-state index in [1.165, 1.54) is 10.8 Å². The molecular weight excluding hydrogens is 850 g/mol. The van der Waals surface area contributed by atoms with Crippen molar-refractivity contribution in [1.82, 2.24) is 29.1 Å². The van der Waals surface area contributed by atoms with Crippen molar-refractivity contribution in [3.8, 4) is 11.8 Å². The van der Waals surface area contributed by atoms with Crippen LogP contribution in [0.2, 0.25) is 0 Å². The van der Waals surface area contributed by atoms with Crippen molar-refractivity contribution in [3.63, 3.8) is 0 Å². The van der Waals surface area contributed by atoms with Gasteiger partial charge in [0.05, 0.1) is 55.0 Å². The van der Waals surface area contributed by atoms with Crippen LogP contribution < -0.4 is 22.6 Å². The second-order valence-corrected chi connectivity index (χ2v) is 12.9. The first kappa shape index (κ1) is 42.9. The van der Waals surface area contributed by atoms with Crippen molar-refractivity contribution in [3.05, 3.63) is 67.5 Å². The molecule has 55 heavy (non-hydrogen) atoms. The fourth-order valence-corrected chi connectivity index (χ4v) is 6.66. The number of carbonyl (C=O) groups excluding carboxylic acids is 1. The van der Waals surface area contributed by atoms with Gasteiger partial charge < -0.3 is 49.8 Å². The molecule has 9 N–H and O–H groups in total. The number of H-pyrrole nitrogens is 2. The van der Waals surface area contributed by atoms with Gasteiger partial charge in [0, 0.05) is 28.8 Å². The normalized spacial score (nSPS) is 21.9. The van der Waals surface area contributed by atoms with E-state index in [4.69, 9.17) is 40.6 Å². The van der Waals surface area contributed by atoms with Gasteiger partial charge in [-0.15, -0.1) is 13.2 Å². The maximum Gasteiger partial charge on any atom is 0.399 e. The fourth-order valence-electron chi connectivity index (χ4n) is 5.88. The summed E-state index contributed by atoms with van der Waals surface area (Å²) in [6.45, 7) is 7.37. The maximum atomic E-state index is 12.4. The zero-order valence-electron chi connectivity index (χ0n) is 28.8. The number of anilines is 2. The van der Waals surface area contributed by atoms with E-state index in [0.717, 1.165) is 9.65 Å². The molecule has 2 aliphatic rings. The van der Waals surface area contributed by atoms with Crippen LogP contribution in [0.25, 0.3) is 22.1 Å². The molecule has 0 amide bonds. The largest absolute Gasteiger partial charge is 0.399 e. The van der Waals surface area contributed by atoms with Gasteiger partial charge in [-0.3, -0.25) is 19.6 Å². The Kier molecular flexibility index (Phi) is 14.9. The van der Waals surface area contributed by atoms with Crippen molar-refractivity contribution >= 4 is 62.6 Å². The zero-order chi connectivity index (χ0) is 40.4. The number of nitrogens with two attached hydrogens (primary N) is 2. The third-order valence-electron chi connectivity index (χ3n) is 8.06. The number of nitrogens with one attached hydrogen (secondary N) is 3. The van der Waals surface area contributed by atoms with E-state index in [9.17, 15) is 33.0 Å². The van der Waals surface area contributed by atoms with Crippen LogP contribution in [0.15, 0.2) is 47.3 Å². The Labute approximate surface area is 323 Å². The Bertz CT molecular complexity index is 2200. The molecule has 2 fully saturated rings. The lowest BCUT2D eigenvalue weighted by atomic mass is 10.2. The summed E-state index contributed by atoms with van der Waals surface area (Å²) in [5.41, 5.74) is 11.0. The molecule has 6 heterocycles. The lowest BCUT2D eigenvalue weighted by Crippen LogP contribution is -2.27. The standard InChI is InChI=1S/C18H19F3N4O4.C14H17IN4O4.CHNO/c1-2-6-28-11-7-13(29-12(11)9-26)25-8-10(4-3-5-18(19,20)21)14-15(25)23-17(22)24-16(14)27;1-2-3-22-8-4-10(23-9(8)6-20)19-5-7(15)11-12(19)17-14(16)18-13(11)21;2-1-3/h2,8,11-13,26H,1,5-7,9H2,(H3,22,23,24,27);2,5,8-10,20H,1,3-4,6H2,(H3,16,17,18,21);2H. The molecular formula is C33H37F3IN9O9. The number of nitrogen functional groups attached to an aromatic ring is 2. The first-order valence-corrected chi connectivity index (χ1v) is 17.3. The molecule has 6 rings (SSSR count). The van der Waals surface area contributed by atoms with Crippen LogP contribution in [0.4, 0.5) is 25.1 Å². The molecule has 0 radical (unpaired) electrons. The minimum absolute atomic E-state index is 0.00785. The number of aromatic amines is 2. The predicted molar refractivity (Wildman–Crippen MR) is 199 cm³/mol. The van der Waals surface area contributed by atoms with Gasteiger partial charge in [-0.25, -0.2) is 10.2 Å². The van der Waals surface area contributed by atoms with Gasteiger partial charge in [0.1, 0.15) is 31.1 Å². The average Bonchev–Trinajstić information content (AvgIpc) is 3.89. The summed E-state index contributed by atoms with van der Waals surface area (Å²) in [5, 5.41) is 24.9. The van der Waals surface area contributed by atoms with E-state index in [1.54, 1.807) is 22.9 Å². The van der Waals surface area contributed by atoms with Crippen LogP contribution in [0, 0.1) is 20.8 Å². The van der Waals surface area contributed by atoms with Gasteiger partial charge in [-0.2, -0.15) is 23.1 Å². The van der Waals surface area contributed by atoms with E-state index in [-0.39, 0.29) is 66.2 Å². The van der Waals surface area contributed by atoms with Gasteiger partial charge in [0.15, 0.2) is 11.3 Å². The topological polar surface area (TPSA) is 272 Å². The summed E-state index contributed by atoms with van der Waals surface area (Å²) in [4.78, 5) is 45.9. The summed E-state index contributed by atoms with van der Waals surface area (Å²) in [6.07, 6.45) is -0.600. The summed E-state index contributed by atoms with van der Waals surface area (Å²) >= 11 is 2.07. The third-order valence-corrected chi connectivity index (χ3v) is 8.88. The Balaban J connectivity index is 0.000000233. The summed E-state index contributed by atoms with van der Waals surface area (Å²) in [5.74, 6) is 4.29. The first-order chi connectivity index (χ1) is 26.2. The lowest BCUT2D eigenvalue weighted by Gasteiger charge is -2.15. The van der Waals surface area contributed by atoms with Crippen molar-refractivity contribution in [2.45, 2.75) is 62.3 Å². The number of hydrogen-bond donors (Lipinski definition) is 7. The number of rotatable bonds is 10. The predicted octanol–water partition coefficient (Wildman–Crippen LogP) is 2.13. The number of hydrogen-bond acceptors (Lipinski definition) is 14. The summed E-state index contributed by atoms with van der Waals surface area (Å²) in [6, 6.07) is 0. The highest BCUT2D eigenvalue weighted by Crippen LogP contribution is 2.35. The lowest BCUT2D eigenvalue weighted by molar-refractivity contribution is -0.123. The van der Waals surface area contributed by atoms with Gasteiger partial charge in [0.25, 0.3) is 11.1 Å². The van der Waals surface area contributed by atoms with Crippen molar-refractivity contribution < 1.29 is 47.1 Å². The number of aliphatic hydroxyl groups is 2. The number of aromatic nitrogens is 6. The number of ether oxygens (including phenoxy) is 4. The maximum absolute atomic E-state index is 12.4. The molecule has 18 nitrogen and oxygen atoms in total. The molecule has 6 unspecified atom stereocenters. The fraction of sp³-hybridized carbons (Fsp3) is 0.424. The van der Waals surface area contributed by atoms with Crippen LogP contribution in [-0.2, 0) is 23.7 Å². The monoisotopic (exact) mass is 887 g/mol. The summed E-state index contributed by atoms with van der Waals surface area (Å²) < 4.78 is 64.1. The van der Waals surface area contributed by atoms with Gasteiger partial charge >= 0.3 is 6.18 Å². The second-order valence-electron chi connectivity index (χ2n) is 11.7. The van der Waals surface area contributed by atoms with E-state index < -0.39 is 42.7 Å². The molecule has 2 saturated heterocycles. The van der Waals surface area contributed by atoms with E-state index in [0.29, 0.717) is 30.5 Å². The molecule has 0 aliphatic carbocycles. The minimum atomic E-state index is -4.45. The molecule has 296 valence electrons. The smallest absolute Gasteiger partial charge is 0.394 e. The molecule has 4 aromatic rings. The first-order valence-electron chi connectivity index (χ1n) is 16.2. The Morgan fingerprint density at radius 3 is 1.85 bits per heavy atom. The zero-order valence-corrected chi connectivity index (χ0v) is 31.0. The Morgan fingerprint density at radius 1 is 0.945 bits per heavy atom. The Morgan fingerprint density at radius 2 is 1.40 bits per heavy atom. The highest BCUT2D eigenvalue weighted by Gasteiger charge is 2.39. The number of halogens is 4. The van der Waals surface area contributed by atoms with Gasteiger partial charge in [0.2, 0.25) is 18.0 Å². The average molecular weight is 888 g/mol. The SMILES string of the molecule is C=CCOC1CC(n2cc(C#CCC(F)(F)F)c3c(=O)[nH]c(N)nc32)OC1CO.C=CCOC1CC(n2cc(I)c3c(=O)[nH]c(N)nc32)OC1CO.N=C=O. The van der Waals surface area contributed by atoms with E-state index >= 15 is 0 Å². The van der Waals surface area contributed by atoms with Crippen molar-refractivity contribution in [2.24, 2.45) is 0 Å². The van der Waals surface area contributed by atoms with Gasteiger partial charge in [-0.1, -0.05) is 24.0 Å². The molecule has 6 atom stereocenters. The van der Waals surface area contributed by atoms with Crippen LogP contribution in [0.1, 0.15) is 37.3 Å². The molecule has 0 spiro atoms. The van der Waals surface area contributed by atoms with Crippen LogP contribution in [0.5, 0.6) is 0 Å². The number of nitrogens with zero attached hydrogens (tertiary/aromatic N) is 4. The minimum Gasteiger partial charge on any atom is -0.394 e. The highest BCUT2D eigenvalue weighted by molar-refractivity contribution is 14.1. The summed E-state index contributed by atoms with van der Waals surface area (Å²) in [7, 11) is 0. The second kappa shape index (κ2) is 19.1. The molecule has 0 saturated carbocycles. The quantitative estimate of drug-likeness (QED) is 0.0396. The number of isocyanates is 1. The number of alkyl halides is 3. The van der Waals surface area contributed by atoms with Crippen molar-refractivity contribution in [2.75, 3.05) is 37.9 Å².